The summed E-state index contributed by atoms with van der Waals surface area (Å²) in [5.74, 6) is -1.01. The molecule has 2 atom stereocenters. The van der Waals surface area contributed by atoms with Gasteiger partial charge in [-0.05, 0) is 116 Å². The molecule has 4 aliphatic carbocycles. The fourth-order valence-corrected chi connectivity index (χ4v) is 8.12. The van der Waals surface area contributed by atoms with Crippen molar-refractivity contribution >= 4 is 36.2 Å². The van der Waals surface area contributed by atoms with Gasteiger partial charge in [0, 0.05) is 0 Å². The monoisotopic (exact) mass is 626 g/mol. The van der Waals surface area contributed by atoms with Crippen molar-refractivity contribution in [3.8, 4) is 22.3 Å². The highest BCUT2D eigenvalue weighted by molar-refractivity contribution is 6.03. The molecule has 0 aliphatic heterocycles. The third-order valence-corrected chi connectivity index (χ3v) is 10.4. The number of carbonyl (C=O) groups excluding carboxylic acids is 2. The molecule has 2 unspecified atom stereocenters. The van der Waals surface area contributed by atoms with Gasteiger partial charge >= 0.3 is 11.9 Å². The van der Waals surface area contributed by atoms with Crippen LogP contribution in [0.4, 0.5) is 0 Å². The van der Waals surface area contributed by atoms with Gasteiger partial charge in [0.25, 0.3) is 0 Å². The van der Waals surface area contributed by atoms with Crippen LogP contribution in [0.15, 0.2) is 97.1 Å². The minimum Gasteiger partial charge on any atom is -0.454 e. The predicted molar refractivity (Wildman–Crippen MR) is 189 cm³/mol. The van der Waals surface area contributed by atoms with Crippen LogP contribution in [0, 0.1) is 0 Å². The zero-order chi connectivity index (χ0) is 32.2. The molecule has 0 aromatic heterocycles. The van der Waals surface area contributed by atoms with Crippen LogP contribution in [0.1, 0.15) is 80.9 Å². The molecule has 48 heavy (non-hydrogen) atoms. The Bertz CT molecular complexity index is 2250. The average molecular weight is 627 g/mol. The summed E-state index contributed by atoms with van der Waals surface area (Å²) in [4.78, 5) is 27.6. The average Bonchev–Trinajstić information content (AvgIpc) is 3.14. The second-order valence-electron chi connectivity index (χ2n) is 13.1. The van der Waals surface area contributed by atoms with Gasteiger partial charge in [0.1, 0.15) is 12.2 Å². The summed E-state index contributed by atoms with van der Waals surface area (Å²) in [7, 11) is 0. The van der Waals surface area contributed by atoms with Crippen LogP contribution in [0.5, 0.6) is 0 Å². The third-order valence-electron chi connectivity index (χ3n) is 10.4. The van der Waals surface area contributed by atoms with Gasteiger partial charge in [-0.15, -0.1) is 0 Å². The van der Waals surface area contributed by atoms with Gasteiger partial charge in [-0.25, -0.2) is 9.59 Å². The fourth-order valence-electron chi connectivity index (χ4n) is 8.12. The highest BCUT2D eigenvalue weighted by Crippen LogP contribution is 2.32. The second-order valence-corrected chi connectivity index (χ2v) is 13.1. The second kappa shape index (κ2) is 11.6. The highest BCUT2D eigenvalue weighted by Gasteiger charge is 2.29. The molecule has 0 amide bonds. The van der Waals surface area contributed by atoms with E-state index in [0.717, 1.165) is 47.2 Å². The lowest BCUT2D eigenvalue weighted by molar-refractivity contribution is 0.0225. The zero-order valence-electron chi connectivity index (χ0n) is 26.6. The number of hydrogen-bond acceptors (Lipinski definition) is 4. The van der Waals surface area contributed by atoms with E-state index < -0.39 is 24.1 Å². The number of benzene rings is 5. The van der Waals surface area contributed by atoms with Gasteiger partial charge < -0.3 is 9.47 Å². The molecule has 0 N–H and O–H groups in total. The number of rotatable bonds is 4. The molecule has 0 heterocycles. The molecule has 5 aromatic rings. The molecule has 0 spiro atoms. The first-order valence-corrected chi connectivity index (χ1v) is 17.0. The van der Waals surface area contributed by atoms with Crippen LogP contribution in [-0.2, 0) is 22.3 Å². The Kier molecular flexibility index (Phi) is 6.97. The summed E-state index contributed by atoms with van der Waals surface area (Å²) in [6.07, 6.45) is 13.1. The number of fused-ring (bicyclic) bond motifs is 10. The van der Waals surface area contributed by atoms with Crippen molar-refractivity contribution in [2.24, 2.45) is 0 Å². The van der Waals surface area contributed by atoms with Crippen molar-refractivity contribution in [3.63, 3.8) is 0 Å². The van der Waals surface area contributed by atoms with Crippen LogP contribution in [-0.4, -0.2) is 11.9 Å². The standard InChI is InChI=1S/C44H34O4/c45-43(47-41-17-7-15-31-35-21-19-27-9-1-3-11-29(27)33(35)23-25-37(31)41)39-13-5-6-14-40(39)44(46)48-42-18-8-16-32-36-22-20-28-10-2-4-12-30(28)34(36)24-26-38(32)42/h1-6,9-16,21-26,41-42H,7-8,17-20H2. The van der Waals surface area contributed by atoms with E-state index in [0.29, 0.717) is 12.8 Å². The molecule has 0 fully saturated rings. The Morgan fingerprint density at radius 2 is 0.896 bits per heavy atom. The molecule has 0 saturated carbocycles. The van der Waals surface area contributed by atoms with Crippen molar-refractivity contribution < 1.29 is 19.1 Å². The topological polar surface area (TPSA) is 52.6 Å². The van der Waals surface area contributed by atoms with E-state index >= 15 is 0 Å². The maximum atomic E-state index is 13.8. The fraction of sp³-hybridized carbons (Fsp3) is 0.182. The Morgan fingerprint density at radius 3 is 1.38 bits per heavy atom. The van der Waals surface area contributed by atoms with Crippen LogP contribution < -0.4 is 20.9 Å². The van der Waals surface area contributed by atoms with E-state index in [9.17, 15) is 9.59 Å². The highest BCUT2D eigenvalue weighted by atomic mass is 16.6. The van der Waals surface area contributed by atoms with Gasteiger partial charge in [0.2, 0.25) is 0 Å². The molecule has 0 saturated heterocycles. The lowest BCUT2D eigenvalue weighted by Crippen LogP contribution is -2.36. The predicted octanol–water partition coefficient (Wildman–Crippen LogP) is 6.64. The maximum Gasteiger partial charge on any atom is 0.339 e. The molecule has 234 valence electrons. The summed E-state index contributed by atoms with van der Waals surface area (Å²) in [6.45, 7) is 0. The minimum absolute atomic E-state index is 0.232. The largest absolute Gasteiger partial charge is 0.454 e. The summed E-state index contributed by atoms with van der Waals surface area (Å²) in [5.41, 5.74) is 10.1. The molecule has 5 aromatic carbocycles. The summed E-state index contributed by atoms with van der Waals surface area (Å²) >= 11 is 0. The lowest BCUT2D eigenvalue weighted by Gasteiger charge is -2.25. The Labute approximate surface area is 279 Å². The molecule has 4 nitrogen and oxygen atoms in total. The zero-order valence-corrected chi connectivity index (χ0v) is 26.6. The molecule has 0 radical (unpaired) electrons. The van der Waals surface area contributed by atoms with E-state index in [1.807, 2.05) is 0 Å². The first kappa shape index (κ1) is 28.7. The number of esters is 2. The third kappa shape index (κ3) is 4.74. The van der Waals surface area contributed by atoms with Crippen molar-refractivity contribution in [3.05, 3.63) is 151 Å². The minimum atomic E-state index is -0.507. The molecular formula is C44H34O4. The normalized spacial score (nSPS) is 17.9. The van der Waals surface area contributed by atoms with Crippen molar-refractivity contribution in [1.82, 2.24) is 0 Å². The number of hydrogen-bond donors (Lipinski definition) is 0. The van der Waals surface area contributed by atoms with Gasteiger partial charge in [-0.3, -0.25) is 0 Å². The molecular weight excluding hydrogens is 592 g/mol. The number of carbonyl (C=O) groups is 2. The van der Waals surface area contributed by atoms with Crippen molar-refractivity contribution in [2.45, 2.75) is 50.7 Å². The van der Waals surface area contributed by atoms with Crippen LogP contribution in [0.25, 0.3) is 46.6 Å². The van der Waals surface area contributed by atoms with E-state index in [4.69, 9.17) is 9.47 Å². The SMILES string of the molecule is O=C(OC1CCC=c2c1ccc1c2=CCc2ccccc2-1)c1ccccc1C(=O)OC1CCC=c2c1ccc1c2=CCc2ccccc2-1. The quantitative estimate of drug-likeness (QED) is 0.210. The summed E-state index contributed by atoms with van der Waals surface area (Å²) in [6, 6.07) is 32.4. The van der Waals surface area contributed by atoms with Gasteiger partial charge in [-0.1, -0.05) is 109 Å². The first-order chi connectivity index (χ1) is 23.6. The Hall–Kier alpha value is -5.48. The Balaban J connectivity index is 0.980. The molecule has 0 bridgehead atoms. The molecule has 4 aliphatic rings. The van der Waals surface area contributed by atoms with E-state index in [1.54, 1.807) is 24.3 Å². The Morgan fingerprint density at radius 1 is 0.458 bits per heavy atom. The smallest absolute Gasteiger partial charge is 0.339 e. The van der Waals surface area contributed by atoms with E-state index in [2.05, 4.69) is 97.1 Å². The van der Waals surface area contributed by atoms with Crippen LogP contribution in [0.3, 0.4) is 0 Å². The van der Waals surface area contributed by atoms with E-state index in [-0.39, 0.29) is 11.1 Å². The van der Waals surface area contributed by atoms with Crippen molar-refractivity contribution in [1.29, 1.82) is 0 Å². The maximum absolute atomic E-state index is 13.8. The van der Waals surface area contributed by atoms with Crippen molar-refractivity contribution in [2.75, 3.05) is 0 Å². The lowest BCUT2D eigenvalue weighted by atomic mass is 9.86. The van der Waals surface area contributed by atoms with Crippen LogP contribution in [0.2, 0.25) is 0 Å². The first-order valence-electron chi connectivity index (χ1n) is 17.0. The molecule has 9 rings (SSSR count). The van der Waals surface area contributed by atoms with Gasteiger partial charge in [0.05, 0.1) is 11.1 Å². The summed E-state index contributed by atoms with van der Waals surface area (Å²) in [5, 5.41) is 4.72. The summed E-state index contributed by atoms with van der Waals surface area (Å²) < 4.78 is 12.4. The molecule has 4 heteroatoms. The number of ether oxygens (including phenoxy) is 2. The van der Waals surface area contributed by atoms with Crippen LogP contribution >= 0.6 is 0 Å². The van der Waals surface area contributed by atoms with Gasteiger partial charge in [0.15, 0.2) is 0 Å². The van der Waals surface area contributed by atoms with Gasteiger partial charge in [-0.2, -0.15) is 0 Å². The van der Waals surface area contributed by atoms with E-state index in [1.165, 1.54) is 43.8 Å².